The molecule has 1 unspecified atom stereocenters. The smallest absolute Gasteiger partial charge is 0.330 e. The molecule has 1 atom stereocenters. The van der Waals surface area contributed by atoms with Gasteiger partial charge >= 0.3 is 5.97 Å². The largest absolute Gasteiger partial charge is 0.459 e. The normalized spacial score (nSPS) is 12.6. The highest BCUT2D eigenvalue weighted by atomic mass is 16.6. The van der Waals surface area contributed by atoms with Crippen LogP contribution in [0.5, 0.6) is 0 Å². The Morgan fingerprint density at radius 1 is 1.06 bits per heavy atom. The number of rotatable bonds is 3. The van der Waals surface area contributed by atoms with Crippen LogP contribution in [0.4, 0.5) is 0 Å². The van der Waals surface area contributed by atoms with Gasteiger partial charge in [-0.1, -0.05) is 24.3 Å². The van der Waals surface area contributed by atoms with Crippen molar-refractivity contribution < 1.29 is 9.53 Å². The van der Waals surface area contributed by atoms with Crippen molar-refractivity contribution in [3.63, 3.8) is 0 Å². The summed E-state index contributed by atoms with van der Waals surface area (Å²) in [7, 11) is 0. The van der Waals surface area contributed by atoms with Crippen molar-refractivity contribution in [1.82, 2.24) is 18.9 Å². The second kappa shape index (κ2) is 7.81. The minimum atomic E-state index is -1.17. The second-order valence-electron chi connectivity index (χ2n) is 8.94. The number of hydrogen-bond acceptors (Lipinski definition) is 6. The van der Waals surface area contributed by atoms with E-state index in [2.05, 4.69) is 4.98 Å². The first-order valence-corrected chi connectivity index (χ1v) is 10.8. The molecule has 8 nitrogen and oxygen atoms in total. The molecule has 0 fully saturated rings. The lowest BCUT2D eigenvalue weighted by molar-refractivity contribution is -0.155. The van der Waals surface area contributed by atoms with Crippen molar-refractivity contribution in [1.29, 1.82) is 5.26 Å². The lowest BCUT2D eigenvalue weighted by Crippen LogP contribution is -2.27. The number of aromatic nitrogens is 4. The molecule has 5 aromatic rings. The number of ether oxygens (including phenoxy) is 1. The molecule has 0 bridgehead atoms. The van der Waals surface area contributed by atoms with Gasteiger partial charge in [0.15, 0.2) is 11.6 Å². The third-order valence-electron chi connectivity index (χ3n) is 5.43. The maximum atomic E-state index is 13.6. The molecule has 0 saturated heterocycles. The fourth-order valence-electron chi connectivity index (χ4n) is 4.01. The number of esters is 1. The number of nitriles is 1. The first-order valence-electron chi connectivity index (χ1n) is 10.8. The molecule has 0 aliphatic rings. The van der Waals surface area contributed by atoms with Crippen molar-refractivity contribution in [3.8, 4) is 11.8 Å². The molecule has 0 N–H and O–H groups in total. The molecule has 0 aliphatic heterocycles. The van der Waals surface area contributed by atoms with E-state index in [0.717, 1.165) is 5.39 Å². The maximum absolute atomic E-state index is 13.6. The minimum absolute atomic E-state index is 0.215. The van der Waals surface area contributed by atoms with Gasteiger partial charge in [-0.3, -0.25) is 23.5 Å². The molecule has 168 valence electrons. The van der Waals surface area contributed by atoms with Gasteiger partial charge in [0, 0.05) is 17.0 Å². The molecule has 4 heterocycles. The Morgan fingerprint density at radius 3 is 2.47 bits per heavy atom. The summed E-state index contributed by atoms with van der Waals surface area (Å²) in [6, 6.07) is 18.2. The molecule has 0 spiro atoms. The van der Waals surface area contributed by atoms with Crippen LogP contribution in [0, 0.1) is 11.3 Å². The van der Waals surface area contributed by atoms with Crippen molar-refractivity contribution in [2.75, 3.05) is 0 Å². The zero-order chi connectivity index (χ0) is 24.0. The molecule has 1 aromatic carbocycles. The second-order valence-corrected chi connectivity index (χ2v) is 8.94. The molecule has 0 aliphatic carbocycles. The van der Waals surface area contributed by atoms with E-state index in [4.69, 9.17) is 9.72 Å². The number of nitrogens with zero attached hydrogens (tertiary/aromatic N) is 5. The van der Waals surface area contributed by atoms with Crippen molar-refractivity contribution in [2.24, 2.45) is 0 Å². The minimum Gasteiger partial charge on any atom is -0.459 e. The Kier molecular flexibility index (Phi) is 4.91. The van der Waals surface area contributed by atoms with Crippen LogP contribution in [-0.2, 0) is 9.53 Å². The average Bonchev–Trinajstić information content (AvgIpc) is 3.19. The molecular formula is C26H21N5O3. The van der Waals surface area contributed by atoms with E-state index in [9.17, 15) is 14.9 Å². The van der Waals surface area contributed by atoms with Crippen LogP contribution in [0.25, 0.3) is 33.3 Å². The summed E-state index contributed by atoms with van der Waals surface area (Å²) < 4.78 is 8.77. The predicted octanol–water partition coefficient (Wildman–Crippen LogP) is 4.14. The first kappa shape index (κ1) is 21.3. The van der Waals surface area contributed by atoms with Crippen LogP contribution < -0.4 is 5.56 Å². The summed E-state index contributed by atoms with van der Waals surface area (Å²) in [6.45, 7) is 5.22. The van der Waals surface area contributed by atoms with Crippen LogP contribution >= 0.6 is 0 Å². The Hall–Kier alpha value is -4.51. The van der Waals surface area contributed by atoms with Gasteiger partial charge in [0.2, 0.25) is 0 Å². The first-order chi connectivity index (χ1) is 16.3. The predicted molar refractivity (Wildman–Crippen MR) is 128 cm³/mol. The lowest BCUT2D eigenvalue weighted by atomic mass is 10.1. The quantitative estimate of drug-likeness (QED) is 0.382. The summed E-state index contributed by atoms with van der Waals surface area (Å²) in [5, 5.41) is 10.9. The highest BCUT2D eigenvalue weighted by Gasteiger charge is 2.28. The van der Waals surface area contributed by atoms with Crippen molar-refractivity contribution >= 4 is 33.6 Å². The molecule has 0 radical (unpaired) electrons. The average molecular weight is 451 g/mol. The molecule has 4 aromatic heterocycles. The number of fused-ring (bicyclic) bond motifs is 5. The fourth-order valence-corrected chi connectivity index (χ4v) is 4.01. The Balaban J connectivity index is 1.70. The van der Waals surface area contributed by atoms with Crippen LogP contribution in [0.1, 0.15) is 32.4 Å². The number of pyridine rings is 3. The SMILES string of the molecule is CC(C)(C)OC(=O)C(C#N)c1ccc(-n2c(=O)c3ccccc3c3nc4ccccn4c32)cn1. The molecule has 0 amide bonds. The number of imidazole rings is 1. The lowest BCUT2D eigenvalue weighted by Gasteiger charge is -2.21. The number of carbonyl (C=O) groups excluding carboxylic acids is 1. The van der Waals surface area contributed by atoms with E-state index in [-0.39, 0.29) is 11.3 Å². The van der Waals surface area contributed by atoms with Crippen LogP contribution in [-0.4, -0.2) is 30.5 Å². The number of benzene rings is 1. The highest BCUT2D eigenvalue weighted by Crippen LogP contribution is 2.26. The van der Waals surface area contributed by atoms with Crippen LogP contribution in [0.15, 0.2) is 71.8 Å². The summed E-state index contributed by atoms with van der Waals surface area (Å²) >= 11 is 0. The highest BCUT2D eigenvalue weighted by molar-refractivity contribution is 6.04. The summed E-state index contributed by atoms with van der Waals surface area (Å²) in [6.07, 6.45) is 3.34. The van der Waals surface area contributed by atoms with E-state index in [1.165, 1.54) is 6.20 Å². The summed E-state index contributed by atoms with van der Waals surface area (Å²) in [4.78, 5) is 35.2. The molecule has 34 heavy (non-hydrogen) atoms. The Morgan fingerprint density at radius 2 is 1.79 bits per heavy atom. The third-order valence-corrected chi connectivity index (χ3v) is 5.43. The molecule has 8 heteroatoms. The maximum Gasteiger partial charge on any atom is 0.330 e. The zero-order valence-corrected chi connectivity index (χ0v) is 18.9. The Labute approximate surface area is 194 Å². The van der Waals surface area contributed by atoms with Crippen LogP contribution in [0.2, 0.25) is 0 Å². The van der Waals surface area contributed by atoms with E-state index >= 15 is 0 Å². The molecule has 5 rings (SSSR count). The summed E-state index contributed by atoms with van der Waals surface area (Å²) in [5.74, 6) is -1.83. The Bertz CT molecular complexity index is 1670. The van der Waals surface area contributed by atoms with Gasteiger partial charge in [-0.05, 0) is 51.1 Å². The van der Waals surface area contributed by atoms with E-state index in [1.807, 2.05) is 53.1 Å². The zero-order valence-electron chi connectivity index (χ0n) is 18.9. The van der Waals surface area contributed by atoms with Crippen LogP contribution in [0.3, 0.4) is 0 Å². The van der Waals surface area contributed by atoms with Gasteiger partial charge < -0.3 is 4.74 Å². The van der Waals surface area contributed by atoms with E-state index in [0.29, 0.717) is 27.9 Å². The van der Waals surface area contributed by atoms with Crippen molar-refractivity contribution in [3.05, 3.63) is 83.0 Å². The summed E-state index contributed by atoms with van der Waals surface area (Å²) in [5.41, 5.74) is 1.82. The fraction of sp³-hybridized carbons (Fsp3) is 0.192. The van der Waals surface area contributed by atoms with Gasteiger partial charge in [0.25, 0.3) is 5.56 Å². The molecule has 0 saturated carbocycles. The van der Waals surface area contributed by atoms with Gasteiger partial charge in [0.1, 0.15) is 16.8 Å². The van der Waals surface area contributed by atoms with E-state index in [1.54, 1.807) is 43.5 Å². The standard InChI is InChI=1S/C26H21N5O3/c1-26(2,3)34-25(33)19(14-27)20-12-11-16(15-28-20)31-23-22(29-21-10-6-7-13-30(21)23)17-8-4-5-9-18(17)24(31)32/h4-13,15,19H,1-3H3. The topological polar surface area (TPSA) is 102 Å². The number of hydrogen-bond donors (Lipinski definition) is 0. The monoisotopic (exact) mass is 451 g/mol. The van der Waals surface area contributed by atoms with E-state index < -0.39 is 17.5 Å². The van der Waals surface area contributed by atoms with Gasteiger partial charge in [-0.25, -0.2) is 4.98 Å². The van der Waals surface area contributed by atoms with Gasteiger partial charge in [0.05, 0.1) is 23.6 Å². The van der Waals surface area contributed by atoms with Crippen molar-refractivity contribution in [2.45, 2.75) is 32.3 Å². The van der Waals surface area contributed by atoms with Gasteiger partial charge in [-0.15, -0.1) is 0 Å². The molecular weight excluding hydrogens is 430 g/mol. The van der Waals surface area contributed by atoms with Gasteiger partial charge in [-0.2, -0.15) is 5.26 Å². The number of carbonyl (C=O) groups is 1. The third kappa shape index (κ3) is 3.48.